The van der Waals surface area contributed by atoms with Crippen LogP contribution in [0, 0.1) is 12.3 Å². The summed E-state index contributed by atoms with van der Waals surface area (Å²) >= 11 is 6.17. The molecule has 2 nitrogen and oxygen atoms in total. The Morgan fingerprint density at radius 2 is 2.33 bits per heavy atom. The monoisotopic (exact) mass is 303 g/mol. The fourth-order valence-electron chi connectivity index (χ4n) is 3.50. The number of hydrogen-bond donors (Lipinski definition) is 2. The number of terminal acetylenes is 1. The first-order valence-electron chi connectivity index (χ1n) is 7.34. The van der Waals surface area contributed by atoms with Crippen LogP contribution in [-0.4, -0.2) is 24.3 Å². The zero-order valence-electron chi connectivity index (χ0n) is 12.4. The van der Waals surface area contributed by atoms with E-state index in [9.17, 15) is 5.11 Å². The molecule has 1 aromatic carbocycles. The van der Waals surface area contributed by atoms with Crippen molar-refractivity contribution >= 4 is 17.7 Å². The van der Waals surface area contributed by atoms with Crippen LogP contribution in [0.4, 0.5) is 0 Å². The van der Waals surface area contributed by atoms with Crippen LogP contribution in [-0.2, 0) is 5.41 Å². The molecular weight excluding hydrogens is 282 g/mol. The lowest BCUT2D eigenvalue weighted by atomic mass is 9.63. The van der Waals surface area contributed by atoms with Gasteiger partial charge in [0.25, 0.3) is 0 Å². The molecule has 3 heteroatoms. The van der Waals surface area contributed by atoms with Gasteiger partial charge in [-0.25, -0.2) is 0 Å². The standard InChI is InChI=1S/C18H22ClNO/c1-4-13-12-14(9-10-15(13)19)18(16(5-2)20-3)11-7-6-8-17(18)21/h2,4,9-10,12,16-17,20-21H,1,6-8,11H2,3H3/t16?,17-,18+/m0/s1. The van der Waals surface area contributed by atoms with E-state index in [0.717, 1.165) is 36.8 Å². The highest BCUT2D eigenvalue weighted by molar-refractivity contribution is 6.32. The van der Waals surface area contributed by atoms with Gasteiger partial charge in [0.1, 0.15) is 0 Å². The van der Waals surface area contributed by atoms with Crippen LogP contribution in [0.3, 0.4) is 0 Å². The molecule has 21 heavy (non-hydrogen) atoms. The second-order valence-corrected chi connectivity index (χ2v) is 6.04. The molecule has 2 rings (SSSR count). The Kier molecular flexibility index (Phi) is 5.11. The van der Waals surface area contributed by atoms with E-state index in [2.05, 4.69) is 17.8 Å². The fourth-order valence-corrected chi connectivity index (χ4v) is 3.69. The molecule has 1 aliphatic carbocycles. The summed E-state index contributed by atoms with van der Waals surface area (Å²) in [5, 5.41) is 14.6. The summed E-state index contributed by atoms with van der Waals surface area (Å²) in [6, 6.07) is 5.63. The maximum Gasteiger partial charge on any atom is 0.0807 e. The smallest absolute Gasteiger partial charge is 0.0807 e. The topological polar surface area (TPSA) is 32.3 Å². The minimum atomic E-state index is -0.468. The van der Waals surface area contributed by atoms with Gasteiger partial charge in [-0.05, 0) is 43.1 Å². The highest BCUT2D eigenvalue weighted by atomic mass is 35.5. The zero-order chi connectivity index (χ0) is 15.5. The van der Waals surface area contributed by atoms with E-state index in [4.69, 9.17) is 18.0 Å². The summed E-state index contributed by atoms with van der Waals surface area (Å²) in [6.07, 6.45) is 10.7. The lowest BCUT2D eigenvalue weighted by Gasteiger charge is -2.45. The lowest BCUT2D eigenvalue weighted by Crippen LogP contribution is -2.55. The van der Waals surface area contributed by atoms with Gasteiger partial charge in [0.15, 0.2) is 0 Å². The second kappa shape index (κ2) is 6.66. The molecule has 1 aromatic rings. The summed E-state index contributed by atoms with van der Waals surface area (Å²) in [5.41, 5.74) is 1.44. The molecule has 0 spiro atoms. The van der Waals surface area contributed by atoms with Gasteiger partial charge >= 0.3 is 0 Å². The van der Waals surface area contributed by atoms with Gasteiger partial charge in [-0.3, -0.25) is 0 Å². The van der Waals surface area contributed by atoms with Gasteiger partial charge < -0.3 is 10.4 Å². The average Bonchev–Trinajstić information content (AvgIpc) is 2.51. The van der Waals surface area contributed by atoms with Gasteiger partial charge in [0.05, 0.1) is 12.1 Å². The number of halogens is 1. The first-order valence-corrected chi connectivity index (χ1v) is 7.72. The molecule has 0 aliphatic heterocycles. The van der Waals surface area contributed by atoms with Gasteiger partial charge in [0.2, 0.25) is 0 Å². The molecule has 1 aliphatic rings. The summed E-state index contributed by atoms with van der Waals surface area (Å²) in [7, 11) is 1.85. The molecule has 2 N–H and O–H groups in total. The van der Waals surface area contributed by atoms with Crippen molar-refractivity contribution in [1.82, 2.24) is 5.32 Å². The minimum Gasteiger partial charge on any atom is -0.392 e. The number of nitrogens with one attached hydrogen (secondary N) is 1. The predicted octanol–water partition coefficient (Wildman–Crippen LogP) is 3.38. The van der Waals surface area contributed by atoms with E-state index >= 15 is 0 Å². The third kappa shape index (κ3) is 2.74. The third-order valence-electron chi connectivity index (χ3n) is 4.64. The molecule has 1 unspecified atom stereocenters. The molecule has 1 saturated carbocycles. The van der Waals surface area contributed by atoms with Gasteiger partial charge in [-0.1, -0.05) is 49.1 Å². The van der Waals surface area contributed by atoms with Crippen molar-refractivity contribution in [2.45, 2.75) is 43.2 Å². The highest BCUT2D eigenvalue weighted by Gasteiger charge is 2.46. The van der Waals surface area contributed by atoms with Gasteiger partial charge in [0, 0.05) is 10.4 Å². The van der Waals surface area contributed by atoms with Crippen molar-refractivity contribution in [1.29, 1.82) is 0 Å². The molecule has 0 aromatic heterocycles. The number of rotatable bonds is 4. The maximum absolute atomic E-state index is 10.7. The summed E-state index contributed by atoms with van der Waals surface area (Å²) < 4.78 is 0. The van der Waals surface area contributed by atoms with Gasteiger partial charge in [-0.2, -0.15) is 0 Å². The highest BCUT2D eigenvalue weighted by Crippen LogP contribution is 2.43. The Morgan fingerprint density at radius 1 is 1.57 bits per heavy atom. The zero-order valence-corrected chi connectivity index (χ0v) is 13.2. The Balaban J connectivity index is 2.59. The molecule has 1 fully saturated rings. The van der Waals surface area contributed by atoms with E-state index in [0.29, 0.717) is 5.02 Å². The van der Waals surface area contributed by atoms with E-state index < -0.39 is 11.5 Å². The number of hydrogen-bond acceptors (Lipinski definition) is 2. The molecule has 0 heterocycles. The molecule has 112 valence electrons. The van der Waals surface area contributed by atoms with Crippen LogP contribution >= 0.6 is 11.6 Å². The maximum atomic E-state index is 10.7. The van der Waals surface area contributed by atoms with Crippen molar-refractivity contribution in [2.24, 2.45) is 0 Å². The number of benzene rings is 1. The molecule has 0 amide bonds. The van der Waals surface area contributed by atoms with E-state index in [1.807, 2.05) is 25.2 Å². The average molecular weight is 304 g/mol. The van der Waals surface area contributed by atoms with Crippen LogP contribution in [0.2, 0.25) is 5.02 Å². The van der Waals surface area contributed by atoms with Crippen molar-refractivity contribution < 1.29 is 5.11 Å². The van der Waals surface area contributed by atoms with E-state index in [1.54, 1.807) is 6.08 Å². The third-order valence-corrected chi connectivity index (χ3v) is 4.98. The first kappa shape index (κ1) is 16.1. The van der Waals surface area contributed by atoms with Crippen LogP contribution in [0.15, 0.2) is 24.8 Å². The number of aliphatic hydroxyl groups is 1. The largest absolute Gasteiger partial charge is 0.392 e. The normalized spacial score (nSPS) is 26.9. The van der Waals surface area contributed by atoms with Crippen LogP contribution in [0.25, 0.3) is 6.08 Å². The van der Waals surface area contributed by atoms with Crippen LogP contribution in [0.5, 0.6) is 0 Å². The first-order chi connectivity index (χ1) is 10.1. The summed E-state index contributed by atoms with van der Waals surface area (Å²) in [4.78, 5) is 0. The van der Waals surface area contributed by atoms with E-state index in [1.165, 1.54) is 0 Å². The summed E-state index contributed by atoms with van der Waals surface area (Å²) in [5.74, 6) is 2.81. The van der Waals surface area contributed by atoms with Crippen molar-refractivity contribution in [3.8, 4) is 12.3 Å². The van der Waals surface area contributed by atoms with Crippen molar-refractivity contribution in [2.75, 3.05) is 7.05 Å². The Hall–Kier alpha value is -1.27. The molecule has 0 radical (unpaired) electrons. The Morgan fingerprint density at radius 3 is 2.90 bits per heavy atom. The van der Waals surface area contributed by atoms with Crippen molar-refractivity contribution in [3.05, 3.63) is 40.9 Å². The molecule has 0 saturated heterocycles. The van der Waals surface area contributed by atoms with Crippen molar-refractivity contribution in [3.63, 3.8) is 0 Å². The quantitative estimate of drug-likeness (QED) is 0.836. The number of likely N-dealkylation sites (N-methyl/N-ethyl adjacent to an activating group) is 1. The van der Waals surface area contributed by atoms with Gasteiger partial charge in [-0.15, -0.1) is 6.42 Å². The van der Waals surface area contributed by atoms with Crippen LogP contribution in [0.1, 0.15) is 36.8 Å². The van der Waals surface area contributed by atoms with E-state index in [-0.39, 0.29) is 6.04 Å². The Bertz CT molecular complexity index is 563. The molecule has 0 bridgehead atoms. The fraction of sp³-hybridized carbons (Fsp3) is 0.444. The predicted molar refractivity (Wildman–Crippen MR) is 89.4 cm³/mol. The molecular formula is C18H22ClNO. The SMILES string of the molecule is C#CC(NC)[C@]1(c2ccc(Cl)c(C=C)c2)CCCC[C@@H]1O. The van der Waals surface area contributed by atoms with Crippen LogP contribution < -0.4 is 5.32 Å². The second-order valence-electron chi connectivity index (χ2n) is 5.63. The lowest BCUT2D eigenvalue weighted by molar-refractivity contribution is 0.0304. The number of aliphatic hydroxyl groups excluding tert-OH is 1. The minimum absolute atomic E-state index is 0.216. The summed E-state index contributed by atoms with van der Waals surface area (Å²) in [6.45, 7) is 3.80. The molecule has 3 atom stereocenters. The Labute approximate surface area is 132 Å².